The fraction of sp³-hybridized carbons (Fsp3) is 0.400. The minimum atomic E-state index is -0.611. The number of hydrogen-bond donors (Lipinski definition) is 2. The fourth-order valence-corrected chi connectivity index (χ4v) is 2.41. The molecule has 1 heterocycles. The molecule has 3 amide bonds. The number of nitrogens with one attached hydrogen (secondary N) is 1. The number of amides is 3. The van der Waals surface area contributed by atoms with Gasteiger partial charge < -0.3 is 20.7 Å². The van der Waals surface area contributed by atoms with Gasteiger partial charge in [0, 0.05) is 26.6 Å². The maximum atomic E-state index is 12.3. The van der Waals surface area contributed by atoms with Crippen molar-refractivity contribution in [3.8, 4) is 0 Å². The number of anilines is 1. The Morgan fingerprint density at radius 1 is 1.41 bits per heavy atom. The smallest absolute Gasteiger partial charge is 0.250 e. The highest BCUT2D eigenvalue weighted by molar-refractivity contribution is 6.04. The van der Waals surface area contributed by atoms with Gasteiger partial charge in [-0.15, -0.1) is 0 Å². The van der Waals surface area contributed by atoms with E-state index in [0.29, 0.717) is 25.4 Å². The summed E-state index contributed by atoms with van der Waals surface area (Å²) in [5.74, 6) is -1.41. The van der Waals surface area contributed by atoms with Crippen molar-refractivity contribution >= 4 is 23.4 Å². The van der Waals surface area contributed by atoms with Crippen LogP contribution in [0.4, 0.5) is 5.69 Å². The molecule has 118 valence electrons. The number of para-hydroxylation sites is 1. The summed E-state index contributed by atoms with van der Waals surface area (Å²) in [5.41, 5.74) is 5.89. The number of benzene rings is 1. The topological polar surface area (TPSA) is 102 Å². The van der Waals surface area contributed by atoms with Gasteiger partial charge in [-0.25, -0.2) is 0 Å². The third kappa shape index (κ3) is 3.62. The molecule has 22 heavy (non-hydrogen) atoms. The maximum Gasteiger partial charge on any atom is 0.250 e. The molecule has 0 saturated carbocycles. The fourth-order valence-electron chi connectivity index (χ4n) is 2.41. The molecule has 1 aromatic rings. The highest BCUT2D eigenvalue weighted by atomic mass is 16.5. The Hall–Kier alpha value is -2.41. The number of ether oxygens (including phenoxy) is 1. The van der Waals surface area contributed by atoms with E-state index in [2.05, 4.69) is 5.32 Å². The molecule has 0 aliphatic carbocycles. The van der Waals surface area contributed by atoms with Gasteiger partial charge in [0.1, 0.15) is 0 Å². The van der Waals surface area contributed by atoms with Crippen LogP contribution in [0.2, 0.25) is 0 Å². The summed E-state index contributed by atoms with van der Waals surface area (Å²) < 4.78 is 4.94. The molecule has 1 aromatic carbocycles. The Morgan fingerprint density at radius 3 is 2.82 bits per heavy atom. The zero-order valence-corrected chi connectivity index (χ0v) is 12.4. The van der Waals surface area contributed by atoms with Crippen molar-refractivity contribution in [2.45, 2.75) is 6.42 Å². The Bertz CT molecular complexity index is 588. The third-order valence-corrected chi connectivity index (χ3v) is 3.60. The second kappa shape index (κ2) is 7.04. The van der Waals surface area contributed by atoms with Crippen LogP contribution >= 0.6 is 0 Å². The van der Waals surface area contributed by atoms with E-state index < -0.39 is 11.8 Å². The molecule has 0 radical (unpaired) electrons. The zero-order chi connectivity index (χ0) is 16.1. The number of carbonyl (C=O) groups is 3. The normalized spacial score (nSPS) is 17.6. The first-order valence-electron chi connectivity index (χ1n) is 6.99. The molecule has 7 heteroatoms. The third-order valence-electron chi connectivity index (χ3n) is 3.60. The van der Waals surface area contributed by atoms with Crippen LogP contribution in [-0.4, -0.2) is 49.4 Å². The van der Waals surface area contributed by atoms with Gasteiger partial charge in [-0.05, 0) is 12.1 Å². The van der Waals surface area contributed by atoms with Gasteiger partial charge in [0.2, 0.25) is 11.8 Å². The second-order valence-electron chi connectivity index (χ2n) is 5.13. The molecule has 1 fully saturated rings. The molecule has 1 atom stereocenters. The van der Waals surface area contributed by atoms with Crippen LogP contribution in [0.1, 0.15) is 16.8 Å². The van der Waals surface area contributed by atoms with Crippen LogP contribution in [0.5, 0.6) is 0 Å². The monoisotopic (exact) mass is 305 g/mol. The number of methoxy groups -OCH3 is 1. The summed E-state index contributed by atoms with van der Waals surface area (Å²) in [5, 5.41) is 2.68. The van der Waals surface area contributed by atoms with Gasteiger partial charge in [-0.1, -0.05) is 12.1 Å². The number of nitrogens with two attached hydrogens (primary N) is 1. The average molecular weight is 305 g/mol. The number of hydrogen-bond acceptors (Lipinski definition) is 4. The summed E-state index contributed by atoms with van der Waals surface area (Å²) in [4.78, 5) is 37.1. The number of nitrogens with zero attached hydrogens (tertiary/aromatic N) is 1. The predicted molar refractivity (Wildman–Crippen MR) is 80.2 cm³/mol. The van der Waals surface area contributed by atoms with Crippen LogP contribution < -0.4 is 11.1 Å². The van der Waals surface area contributed by atoms with Crippen molar-refractivity contribution in [2.75, 3.05) is 32.1 Å². The molecule has 0 bridgehead atoms. The first kappa shape index (κ1) is 16.0. The number of likely N-dealkylation sites (tertiary alicyclic amines) is 1. The Labute approximate surface area is 128 Å². The zero-order valence-electron chi connectivity index (χ0n) is 12.4. The first-order chi connectivity index (χ1) is 10.5. The van der Waals surface area contributed by atoms with Crippen LogP contribution in [0, 0.1) is 5.92 Å². The SMILES string of the molecule is COCCN1CC(C(=O)Nc2ccccc2C(N)=O)CC1=O. The van der Waals surface area contributed by atoms with Crippen molar-refractivity contribution in [2.24, 2.45) is 11.7 Å². The van der Waals surface area contributed by atoms with Crippen molar-refractivity contribution in [1.29, 1.82) is 0 Å². The van der Waals surface area contributed by atoms with E-state index in [-0.39, 0.29) is 23.8 Å². The molecule has 1 aliphatic heterocycles. The highest BCUT2D eigenvalue weighted by Crippen LogP contribution is 2.21. The lowest BCUT2D eigenvalue weighted by Crippen LogP contribution is -2.31. The Morgan fingerprint density at radius 2 is 2.14 bits per heavy atom. The number of primary amides is 1. The Kier molecular flexibility index (Phi) is 5.11. The molecule has 3 N–H and O–H groups in total. The van der Waals surface area contributed by atoms with E-state index in [4.69, 9.17) is 10.5 Å². The van der Waals surface area contributed by atoms with Crippen molar-refractivity contribution in [3.05, 3.63) is 29.8 Å². The van der Waals surface area contributed by atoms with E-state index in [1.54, 1.807) is 36.3 Å². The minimum absolute atomic E-state index is 0.0691. The van der Waals surface area contributed by atoms with Gasteiger partial charge in [0.15, 0.2) is 0 Å². The average Bonchev–Trinajstić information content (AvgIpc) is 2.86. The largest absolute Gasteiger partial charge is 0.383 e. The molecule has 1 aliphatic rings. The van der Waals surface area contributed by atoms with Crippen LogP contribution in [0.25, 0.3) is 0 Å². The standard InChI is InChI=1S/C15H19N3O4/c1-22-7-6-18-9-10(8-13(18)19)15(21)17-12-5-3-2-4-11(12)14(16)20/h2-5,10H,6-9H2,1H3,(H2,16,20)(H,17,21). The number of carbonyl (C=O) groups excluding carboxylic acids is 3. The van der Waals surface area contributed by atoms with Crippen molar-refractivity contribution in [3.63, 3.8) is 0 Å². The Balaban J connectivity index is 2.02. The summed E-state index contributed by atoms with van der Waals surface area (Å²) in [6.45, 7) is 1.26. The summed E-state index contributed by atoms with van der Waals surface area (Å²) >= 11 is 0. The molecule has 1 saturated heterocycles. The summed E-state index contributed by atoms with van der Waals surface area (Å²) in [7, 11) is 1.56. The maximum absolute atomic E-state index is 12.3. The van der Waals surface area contributed by atoms with E-state index in [9.17, 15) is 14.4 Å². The molecular weight excluding hydrogens is 286 g/mol. The lowest BCUT2D eigenvalue weighted by Gasteiger charge is -2.16. The first-order valence-corrected chi connectivity index (χ1v) is 6.99. The minimum Gasteiger partial charge on any atom is -0.383 e. The summed E-state index contributed by atoms with van der Waals surface area (Å²) in [6.07, 6.45) is 0.161. The molecule has 2 rings (SSSR count). The van der Waals surface area contributed by atoms with E-state index in [0.717, 1.165) is 0 Å². The van der Waals surface area contributed by atoms with Gasteiger partial charge in [-0.2, -0.15) is 0 Å². The van der Waals surface area contributed by atoms with Gasteiger partial charge >= 0.3 is 0 Å². The van der Waals surface area contributed by atoms with Crippen LogP contribution in [-0.2, 0) is 14.3 Å². The quantitative estimate of drug-likeness (QED) is 0.785. The van der Waals surface area contributed by atoms with Crippen molar-refractivity contribution < 1.29 is 19.1 Å². The predicted octanol–water partition coefficient (Wildman–Crippen LogP) is 0.219. The molecule has 1 unspecified atom stereocenters. The van der Waals surface area contributed by atoms with Crippen LogP contribution in [0.15, 0.2) is 24.3 Å². The molecule has 7 nitrogen and oxygen atoms in total. The van der Waals surface area contributed by atoms with Crippen molar-refractivity contribution in [1.82, 2.24) is 4.90 Å². The second-order valence-corrected chi connectivity index (χ2v) is 5.13. The molecule has 0 aromatic heterocycles. The highest BCUT2D eigenvalue weighted by Gasteiger charge is 2.34. The van der Waals surface area contributed by atoms with Crippen LogP contribution in [0.3, 0.4) is 0 Å². The van der Waals surface area contributed by atoms with Gasteiger partial charge in [0.05, 0.1) is 23.8 Å². The summed E-state index contributed by atoms with van der Waals surface area (Å²) in [6, 6.07) is 6.52. The van der Waals surface area contributed by atoms with E-state index in [1.807, 2.05) is 0 Å². The van der Waals surface area contributed by atoms with E-state index in [1.165, 1.54) is 0 Å². The molecule has 0 spiro atoms. The van der Waals surface area contributed by atoms with E-state index >= 15 is 0 Å². The van der Waals surface area contributed by atoms with Gasteiger partial charge in [-0.3, -0.25) is 14.4 Å². The van der Waals surface area contributed by atoms with Gasteiger partial charge in [0.25, 0.3) is 5.91 Å². The lowest BCUT2D eigenvalue weighted by molar-refractivity contribution is -0.128. The number of rotatable bonds is 6. The lowest BCUT2D eigenvalue weighted by atomic mass is 10.1. The molecular formula is C15H19N3O4.